The second-order valence-electron chi connectivity index (χ2n) is 16.3. The normalized spacial score (nSPS) is 13.6. The summed E-state index contributed by atoms with van der Waals surface area (Å²) >= 11 is 0. The number of carbonyl (C=O) groups excluding carboxylic acids is 2. The smallest absolute Gasteiger partial charge is 0.305 e. The molecule has 0 aliphatic heterocycles. The average Bonchev–Trinajstić information content (AvgIpc) is 2.82. The second-order valence-corrected chi connectivity index (χ2v) is 30.8. The predicted molar refractivity (Wildman–Crippen MR) is 188 cm³/mol. The fourth-order valence-corrected chi connectivity index (χ4v) is 6.42. The number of aliphatic carboxylic acids is 1. The molecule has 0 bridgehead atoms. The van der Waals surface area contributed by atoms with Crippen molar-refractivity contribution in [3.8, 4) is 0 Å². The first kappa shape index (κ1) is 42.9. The lowest BCUT2D eigenvalue weighted by molar-refractivity contribution is -0.142. The molecule has 0 aliphatic carbocycles. The van der Waals surface area contributed by atoms with E-state index in [2.05, 4.69) is 107 Å². The van der Waals surface area contributed by atoms with Gasteiger partial charge in [0.15, 0.2) is 25.0 Å². The van der Waals surface area contributed by atoms with Gasteiger partial charge >= 0.3 is 5.97 Å². The molecular formula is C31H67N3O7Si3. The highest BCUT2D eigenvalue weighted by atomic mass is 28.4. The van der Waals surface area contributed by atoms with Gasteiger partial charge in [-0.2, -0.15) is 0 Å². The summed E-state index contributed by atoms with van der Waals surface area (Å²) in [6.45, 7) is 34.7. The van der Waals surface area contributed by atoms with Crippen LogP contribution in [0.2, 0.25) is 54.4 Å². The van der Waals surface area contributed by atoms with E-state index >= 15 is 0 Å². The molecule has 0 saturated heterocycles. The van der Waals surface area contributed by atoms with Crippen LogP contribution in [-0.2, 0) is 27.7 Å². The van der Waals surface area contributed by atoms with Crippen molar-refractivity contribution < 1.29 is 32.8 Å². The van der Waals surface area contributed by atoms with Crippen molar-refractivity contribution in [1.82, 2.24) is 15.1 Å². The summed E-state index contributed by atoms with van der Waals surface area (Å²) in [6.07, 6.45) is -0.177. The van der Waals surface area contributed by atoms with E-state index in [0.717, 1.165) is 0 Å². The minimum Gasteiger partial charge on any atom is -0.481 e. The van der Waals surface area contributed by atoms with E-state index in [0.29, 0.717) is 26.4 Å². The zero-order valence-electron chi connectivity index (χ0n) is 30.9. The maximum Gasteiger partial charge on any atom is 0.305 e. The van der Waals surface area contributed by atoms with Gasteiger partial charge in [0.25, 0.3) is 0 Å². The molecular weight excluding hydrogens is 611 g/mol. The fraction of sp³-hybridized carbons (Fsp3) is 0.903. The highest BCUT2D eigenvalue weighted by molar-refractivity contribution is 6.74. The Morgan fingerprint density at radius 2 is 1.00 bits per heavy atom. The zero-order chi connectivity index (χ0) is 34.8. The zero-order valence-corrected chi connectivity index (χ0v) is 33.9. The van der Waals surface area contributed by atoms with E-state index in [1.54, 1.807) is 0 Å². The van der Waals surface area contributed by atoms with Crippen LogP contribution in [0.25, 0.3) is 0 Å². The van der Waals surface area contributed by atoms with Crippen molar-refractivity contribution in [2.45, 2.75) is 123 Å². The van der Waals surface area contributed by atoms with Gasteiger partial charge in [0.05, 0.1) is 32.7 Å². The van der Waals surface area contributed by atoms with Crippen LogP contribution in [0.3, 0.4) is 0 Å². The monoisotopic (exact) mass is 677 g/mol. The Bertz CT molecular complexity index is 924. The molecule has 260 valence electrons. The van der Waals surface area contributed by atoms with Gasteiger partial charge in [-0.05, 0) is 54.4 Å². The predicted octanol–water partition coefficient (Wildman–Crippen LogP) is 5.77. The van der Waals surface area contributed by atoms with Gasteiger partial charge in [0, 0.05) is 32.8 Å². The van der Waals surface area contributed by atoms with E-state index in [-0.39, 0.29) is 66.1 Å². The van der Waals surface area contributed by atoms with Crippen LogP contribution in [0.15, 0.2) is 0 Å². The Morgan fingerprint density at radius 3 is 1.39 bits per heavy atom. The number of carbonyl (C=O) groups is 3. The highest BCUT2D eigenvalue weighted by Gasteiger charge is 2.39. The minimum absolute atomic E-state index is 0.0129. The summed E-state index contributed by atoms with van der Waals surface area (Å²) in [5.41, 5.74) is 0. The van der Waals surface area contributed by atoms with Crippen molar-refractivity contribution in [1.29, 1.82) is 0 Å². The summed E-state index contributed by atoms with van der Waals surface area (Å²) in [5, 5.41) is 12.6. The molecule has 2 amide bonds. The van der Waals surface area contributed by atoms with E-state index in [4.69, 9.17) is 13.3 Å². The first-order valence-corrected chi connectivity index (χ1v) is 24.8. The van der Waals surface area contributed by atoms with Crippen LogP contribution in [0.4, 0.5) is 0 Å². The van der Waals surface area contributed by atoms with Crippen LogP contribution < -0.4 is 5.32 Å². The summed E-state index contributed by atoms with van der Waals surface area (Å²) in [6, 6.07) is 0. The van der Waals surface area contributed by atoms with Gasteiger partial charge in [0.1, 0.15) is 0 Å². The Hall–Kier alpha value is -1.10. The molecule has 0 aromatic heterocycles. The standard InChI is InChI=1S/C31H67N3O7Si3/c1-29(2,3)42(10,11)39-21-17-32-24-26(35)34(20-23-41-44(14,15)31(7,8)9)25-27(36)33(18-16-28(37)38)19-22-40-43(12,13)30(4,5)6/h32H,16-25H2,1-15H3,(H,37,38). The van der Waals surface area contributed by atoms with Crippen LogP contribution in [0.5, 0.6) is 0 Å². The maximum absolute atomic E-state index is 13.5. The third-order valence-corrected chi connectivity index (χ3v) is 23.3. The molecule has 0 heterocycles. The number of nitrogens with one attached hydrogen (secondary N) is 1. The third-order valence-electron chi connectivity index (χ3n) is 9.71. The van der Waals surface area contributed by atoms with Crippen LogP contribution in [0, 0.1) is 0 Å². The van der Waals surface area contributed by atoms with Crippen molar-refractivity contribution in [3.63, 3.8) is 0 Å². The molecule has 0 spiro atoms. The molecule has 0 aromatic carbocycles. The number of carboxylic acid groups (broad SMARTS) is 1. The molecule has 10 nitrogen and oxygen atoms in total. The van der Waals surface area contributed by atoms with Gasteiger partial charge in [-0.25, -0.2) is 0 Å². The summed E-state index contributed by atoms with van der Waals surface area (Å²) in [7, 11) is -5.99. The molecule has 0 saturated carbocycles. The minimum atomic E-state index is -2.05. The molecule has 0 unspecified atom stereocenters. The lowest BCUT2D eigenvalue weighted by Gasteiger charge is -2.37. The lowest BCUT2D eigenvalue weighted by atomic mass is 10.2. The van der Waals surface area contributed by atoms with Crippen molar-refractivity contribution >= 4 is 42.7 Å². The topological polar surface area (TPSA) is 118 Å². The molecule has 2 N–H and O–H groups in total. The van der Waals surface area contributed by atoms with Gasteiger partial charge in [0.2, 0.25) is 11.8 Å². The summed E-state index contributed by atoms with van der Waals surface area (Å²) in [5.74, 6) is -1.49. The summed E-state index contributed by atoms with van der Waals surface area (Å²) < 4.78 is 18.8. The molecule has 0 radical (unpaired) electrons. The van der Waals surface area contributed by atoms with Gasteiger partial charge in [-0.3, -0.25) is 14.4 Å². The van der Waals surface area contributed by atoms with E-state index < -0.39 is 30.9 Å². The summed E-state index contributed by atoms with van der Waals surface area (Å²) in [4.78, 5) is 41.4. The van der Waals surface area contributed by atoms with Gasteiger partial charge in [-0.15, -0.1) is 0 Å². The molecule has 13 heteroatoms. The second kappa shape index (κ2) is 17.2. The number of hydrogen-bond acceptors (Lipinski definition) is 7. The largest absolute Gasteiger partial charge is 0.481 e. The first-order chi connectivity index (χ1) is 19.6. The Kier molecular flexibility index (Phi) is 16.7. The molecule has 44 heavy (non-hydrogen) atoms. The maximum atomic E-state index is 13.5. The molecule has 0 aromatic rings. The first-order valence-electron chi connectivity index (χ1n) is 16.0. The molecule has 0 rings (SSSR count). The van der Waals surface area contributed by atoms with Crippen molar-refractivity contribution in [2.75, 3.05) is 59.1 Å². The number of rotatable bonds is 19. The fourth-order valence-electron chi connectivity index (χ4n) is 3.30. The molecule has 0 fully saturated rings. The van der Waals surface area contributed by atoms with Gasteiger partial charge in [-0.1, -0.05) is 62.3 Å². The Morgan fingerprint density at radius 1 is 0.614 bits per heavy atom. The lowest BCUT2D eigenvalue weighted by Crippen LogP contribution is -2.50. The van der Waals surface area contributed by atoms with Crippen molar-refractivity contribution in [3.05, 3.63) is 0 Å². The Labute approximate surface area is 272 Å². The van der Waals surface area contributed by atoms with E-state index in [9.17, 15) is 19.5 Å². The number of amides is 2. The van der Waals surface area contributed by atoms with Crippen LogP contribution >= 0.6 is 0 Å². The number of carboxylic acids is 1. The third kappa shape index (κ3) is 15.0. The average molecular weight is 678 g/mol. The number of nitrogens with zero attached hydrogens (tertiary/aromatic N) is 2. The van der Waals surface area contributed by atoms with Crippen LogP contribution in [-0.4, -0.2) is 117 Å². The molecule has 0 aliphatic rings. The van der Waals surface area contributed by atoms with Crippen LogP contribution in [0.1, 0.15) is 68.7 Å². The SMILES string of the molecule is CC(C)(C)[Si](C)(C)OCCNCC(=O)N(CCO[Si](C)(C)C(C)(C)C)CC(=O)N(CCO[Si](C)(C)C(C)(C)C)CCC(=O)O. The quantitative estimate of drug-likeness (QED) is 0.131. The number of hydrogen-bond donors (Lipinski definition) is 2. The van der Waals surface area contributed by atoms with Crippen molar-refractivity contribution in [2.24, 2.45) is 0 Å². The molecule has 0 atom stereocenters. The highest BCUT2D eigenvalue weighted by Crippen LogP contribution is 2.38. The van der Waals surface area contributed by atoms with Gasteiger partial charge < -0.3 is 33.5 Å². The van der Waals surface area contributed by atoms with E-state index in [1.165, 1.54) is 9.80 Å². The van der Waals surface area contributed by atoms with E-state index in [1.807, 2.05) is 0 Å². The Balaban J connectivity index is 5.59.